The predicted molar refractivity (Wildman–Crippen MR) is 102 cm³/mol. The highest BCUT2D eigenvalue weighted by Crippen LogP contribution is 2.30. The number of nitrogens with zero attached hydrogens (tertiary/aromatic N) is 2. The molecule has 0 amide bonds. The molecular weight excluding hydrogens is 393 g/mol. The van der Waals surface area contributed by atoms with E-state index in [1.165, 1.54) is 18.3 Å². The number of aliphatic hydroxyl groups excluding tert-OH is 1. The third-order valence-electron chi connectivity index (χ3n) is 3.86. The van der Waals surface area contributed by atoms with Gasteiger partial charge in [0, 0.05) is 23.5 Å². The average Bonchev–Trinajstić information content (AvgIpc) is 2.68. The van der Waals surface area contributed by atoms with Crippen LogP contribution < -0.4 is 10.6 Å². The van der Waals surface area contributed by atoms with Gasteiger partial charge < -0.3 is 15.7 Å². The maximum Gasteiger partial charge on any atom is 0.416 e. The van der Waals surface area contributed by atoms with E-state index in [0.717, 1.165) is 17.8 Å². The Morgan fingerprint density at radius 3 is 2.32 bits per heavy atom. The zero-order valence-corrected chi connectivity index (χ0v) is 15.2. The van der Waals surface area contributed by atoms with Crippen molar-refractivity contribution in [3.8, 4) is 0 Å². The number of halogens is 4. The second kappa shape index (κ2) is 8.45. The number of aliphatic hydroxyl groups is 1. The number of hydrogen-bond acceptors (Lipinski definition) is 5. The van der Waals surface area contributed by atoms with Crippen molar-refractivity contribution in [1.82, 2.24) is 9.97 Å². The highest BCUT2D eigenvalue weighted by molar-refractivity contribution is 6.30. The number of rotatable bonds is 6. The summed E-state index contributed by atoms with van der Waals surface area (Å²) in [7, 11) is 0. The number of alkyl halides is 3. The first-order valence-corrected chi connectivity index (χ1v) is 8.64. The minimum atomic E-state index is -4.41. The monoisotopic (exact) mass is 408 g/mol. The fraction of sp³-hybridized carbons (Fsp3) is 0.158. The smallest absolute Gasteiger partial charge is 0.387 e. The second-order valence-electron chi connectivity index (χ2n) is 5.91. The number of benzene rings is 2. The fourth-order valence-electron chi connectivity index (χ4n) is 2.39. The molecule has 3 aromatic rings. The number of aromatic nitrogens is 2. The van der Waals surface area contributed by atoms with Crippen molar-refractivity contribution in [1.29, 1.82) is 0 Å². The van der Waals surface area contributed by atoms with Crippen molar-refractivity contribution in [2.45, 2.75) is 12.3 Å². The molecule has 146 valence electrons. The Balaban J connectivity index is 1.60. The summed E-state index contributed by atoms with van der Waals surface area (Å²) < 4.78 is 37.8. The first-order valence-electron chi connectivity index (χ1n) is 8.26. The van der Waals surface area contributed by atoms with E-state index >= 15 is 0 Å². The first kappa shape index (κ1) is 19.9. The summed E-state index contributed by atoms with van der Waals surface area (Å²) in [5.41, 5.74) is 0.366. The van der Waals surface area contributed by atoms with Gasteiger partial charge in [-0.3, -0.25) is 0 Å². The molecule has 0 fully saturated rings. The summed E-state index contributed by atoms with van der Waals surface area (Å²) >= 11 is 5.84. The van der Waals surface area contributed by atoms with E-state index in [4.69, 9.17) is 11.6 Å². The van der Waals surface area contributed by atoms with Crippen molar-refractivity contribution >= 4 is 29.1 Å². The Morgan fingerprint density at radius 2 is 1.68 bits per heavy atom. The van der Waals surface area contributed by atoms with Gasteiger partial charge in [0.15, 0.2) is 0 Å². The van der Waals surface area contributed by atoms with Gasteiger partial charge in [0.2, 0.25) is 5.95 Å². The van der Waals surface area contributed by atoms with Crippen LogP contribution >= 0.6 is 11.6 Å². The second-order valence-corrected chi connectivity index (χ2v) is 6.35. The normalized spacial score (nSPS) is 12.5. The lowest BCUT2D eigenvalue weighted by Crippen LogP contribution is -2.14. The standard InChI is InChI=1S/C19H16ClF3N4O/c20-14-5-7-15(8-6-14)26-18-24-10-9-17(27-18)25-11-16(28)12-1-3-13(4-2-12)19(21,22)23/h1-10,16,28H,11H2,(H2,24,25,26,27). The van der Waals surface area contributed by atoms with E-state index in [0.29, 0.717) is 22.4 Å². The quantitative estimate of drug-likeness (QED) is 0.533. The molecule has 0 saturated carbocycles. The summed E-state index contributed by atoms with van der Waals surface area (Å²) in [6, 6.07) is 13.0. The van der Waals surface area contributed by atoms with Gasteiger partial charge in [0.05, 0.1) is 11.7 Å². The van der Waals surface area contributed by atoms with Gasteiger partial charge in [-0.2, -0.15) is 18.2 Å². The van der Waals surface area contributed by atoms with E-state index in [1.807, 2.05) is 0 Å². The number of nitrogens with one attached hydrogen (secondary N) is 2. The highest BCUT2D eigenvalue weighted by atomic mass is 35.5. The SMILES string of the molecule is OC(CNc1ccnc(Nc2ccc(Cl)cc2)n1)c1ccc(C(F)(F)F)cc1. The maximum atomic E-state index is 12.6. The van der Waals surface area contributed by atoms with Crippen LogP contribution in [0.4, 0.5) is 30.6 Å². The topological polar surface area (TPSA) is 70.1 Å². The van der Waals surface area contributed by atoms with Gasteiger partial charge in [-0.25, -0.2) is 4.98 Å². The molecule has 3 rings (SSSR count). The Bertz CT molecular complexity index is 918. The van der Waals surface area contributed by atoms with Crippen molar-refractivity contribution < 1.29 is 18.3 Å². The van der Waals surface area contributed by atoms with Gasteiger partial charge in [0.1, 0.15) is 5.82 Å². The van der Waals surface area contributed by atoms with E-state index in [1.54, 1.807) is 30.3 Å². The van der Waals surface area contributed by atoms with E-state index in [9.17, 15) is 18.3 Å². The van der Waals surface area contributed by atoms with Crippen LogP contribution in [0.5, 0.6) is 0 Å². The number of anilines is 3. The molecule has 0 aliphatic carbocycles. The van der Waals surface area contributed by atoms with E-state index < -0.39 is 17.8 Å². The summed E-state index contributed by atoms with van der Waals surface area (Å²) in [5, 5.41) is 16.8. The Kier molecular flexibility index (Phi) is 6.01. The predicted octanol–water partition coefficient (Wildman–Crippen LogP) is 5.04. The van der Waals surface area contributed by atoms with Gasteiger partial charge in [-0.05, 0) is 48.0 Å². The van der Waals surface area contributed by atoms with Crippen molar-refractivity contribution in [2.75, 3.05) is 17.2 Å². The minimum Gasteiger partial charge on any atom is -0.387 e. The lowest BCUT2D eigenvalue weighted by atomic mass is 10.1. The zero-order chi connectivity index (χ0) is 20.1. The Labute approximate surface area is 164 Å². The molecule has 2 aromatic carbocycles. The molecule has 0 saturated heterocycles. The van der Waals surface area contributed by atoms with Gasteiger partial charge >= 0.3 is 6.18 Å². The minimum absolute atomic E-state index is 0.0722. The van der Waals surface area contributed by atoms with E-state index in [-0.39, 0.29) is 6.54 Å². The molecular formula is C19H16ClF3N4O. The molecule has 1 aromatic heterocycles. The summed E-state index contributed by atoms with van der Waals surface area (Å²) in [6.45, 7) is 0.0722. The van der Waals surface area contributed by atoms with Crippen LogP contribution in [0.15, 0.2) is 60.8 Å². The van der Waals surface area contributed by atoms with Crippen LogP contribution in [0, 0.1) is 0 Å². The third kappa shape index (κ3) is 5.34. The molecule has 1 atom stereocenters. The lowest BCUT2D eigenvalue weighted by molar-refractivity contribution is -0.137. The fourth-order valence-corrected chi connectivity index (χ4v) is 2.52. The van der Waals surface area contributed by atoms with Gasteiger partial charge in [0.25, 0.3) is 0 Å². The molecule has 0 bridgehead atoms. The molecule has 9 heteroatoms. The van der Waals surface area contributed by atoms with Crippen LogP contribution in [0.2, 0.25) is 5.02 Å². The molecule has 1 heterocycles. The molecule has 1 unspecified atom stereocenters. The molecule has 5 nitrogen and oxygen atoms in total. The third-order valence-corrected chi connectivity index (χ3v) is 4.11. The Hall–Kier alpha value is -2.84. The van der Waals surface area contributed by atoms with Gasteiger partial charge in [-0.15, -0.1) is 0 Å². The average molecular weight is 409 g/mol. The first-order chi connectivity index (χ1) is 13.3. The Morgan fingerprint density at radius 1 is 1.00 bits per heavy atom. The summed E-state index contributed by atoms with van der Waals surface area (Å²) in [5.74, 6) is 0.800. The molecule has 28 heavy (non-hydrogen) atoms. The van der Waals surface area contributed by atoms with Crippen molar-refractivity contribution in [3.05, 3.63) is 76.9 Å². The van der Waals surface area contributed by atoms with Crippen LogP contribution in [-0.4, -0.2) is 21.6 Å². The summed E-state index contributed by atoms with van der Waals surface area (Å²) in [6.07, 6.45) is -3.86. The van der Waals surface area contributed by atoms with Crippen LogP contribution in [0.25, 0.3) is 0 Å². The van der Waals surface area contributed by atoms with Gasteiger partial charge in [-0.1, -0.05) is 23.7 Å². The molecule has 0 aliphatic heterocycles. The molecule has 3 N–H and O–H groups in total. The zero-order valence-electron chi connectivity index (χ0n) is 14.4. The molecule has 0 radical (unpaired) electrons. The lowest BCUT2D eigenvalue weighted by Gasteiger charge is -2.14. The van der Waals surface area contributed by atoms with Crippen LogP contribution in [0.1, 0.15) is 17.2 Å². The molecule has 0 aliphatic rings. The number of hydrogen-bond donors (Lipinski definition) is 3. The highest BCUT2D eigenvalue weighted by Gasteiger charge is 2.30. The maximum absolute atomic E-state index is 12.6. The molecule has 0 spiro atoms. The van der Waals surface area contributed by atoms with Crippen LogP contribution in [0.3, 0.4) is 0 Å². The largest absolute Gasteiger partial charge is 0.416 e. The van der Waals surface area contributed by atoms with Crippen LogP contribution in [-0.2, 0) is 6.18 Å². The van der Waals surface area contributed by atoms with Crippen molar-refractivity contribution in [3.63, 3.8) is 0 Å². The summed E-state index contributed by atoms with van der Waals surface area (Å²) in [4.78, 5) is 8.39. The van der Waals surface area contributed by atoms with Crippen molar-refractivity contribution in [2.24, 2.45) is 0 Å². The van der Waals surface area contributed by atoms with E-state index in [2.05, 4.69) is 20.6 Å².